The Morgan fingerprint density at radius 1 is 1.35 bits per heavy atom. The van der Waals surface area contributed by atoms with Crippen LogP contribution in [0.3, 0.4) is 0 Å². The number of alkyl halides is 3. The Labute approximate surface area is 152 Å². The maximum atomic E-state index is 10.6. The van der Waals surface area contributed by atoms with Gasteiger partial charge in [-0.3, -0.25) is 0 Å². The maximum absolute atomic E-state index is 10.6. The van der Waals surface area contributed by atoms with Crippen molar-refractivity contribution >= 4 is 13.1 Å². The van der Waals surface area contributed by atoms with Gasteiger partial charge in [0.1, 0.15) is 0 Å². The van der Waals surface area contributed by atoms with Crippen molar-refractivity contribution < 1.29 is 32.4 Å². The van der Waals surface area contributed by atoms with Crippen molar-refractivity contribution in [3.8, 4) is 0 Å². The zero-order chi connectivity index (χ0) is 20.1. The van der Waals surface area contributed by atoms with Crippen LogP contribution in [0.2, 0.25) is 0 Å². The Hall–Kier alpha value is -0.795. The molecule has 3 N–H and O–H groups in total. The van der Waals surface area contributed by atoms with Gasteiger partial charge in [0, 0.05) is 5.94 Å². The molecule has 1 heterocycles. The first kappa shape index (κ1) is 21.5. The van der Waals surface area contributed by atoms with E-state index in [1.165, 1.54) is 6.42 Å². The van der Waals surface area contributed by atoms with Crippen LogP contribution in [0.5, 0.6) is 0 Å². The van der Waals surface area contributed by atoms with Gasteiger partial charge in [-0.2, -0.15) is 13.2 Å². The first-order valence-electron chi connectivity index (χ1n) is 9.07. The second-order valence-electron chi connectivity index (χ2n) is 9.02. The van der Waals surface area contributed by atoms with Crippen LogP contribution in [-0.4, -0.2) is 42.0 Å². The number of hydrogen-bond acceptors (Lipinski definition) is 4. The molecular weight excluding hydrogens is 350 g/mol. The molecular formula is C17H29BF3NO4. The van der Waals surface area contributed by atoms with Crippen LogP contribution in [-0.2, 0) is 14.1 Å². The molecule has 26 heavy (non-hydrogen) atoms. The van der Waals surface area contributed by atoms with Crippen molar-refractivity contribution in [2.24, 2.45) is 28.9 Å². The number of rotatable bonds is 3. The van der Waals surface area contributed by atoms with E-state index in [2.05, 4.69) is 34.6 Å². The Morgan fingerprint density at radius 3 is 2.31 bits per heavy atom. The largest absolute Gasteiger partial charge is 0.490 e. The summed E-state index contributed by atoms with van der Waals surface area (Å²) in [5.41, 5.74) is 6.60. The van der Waals surface area contributed by atoms with Gasteiger partial charge in [0.05, 0.1) is 11.7 Å². The fourth-order valence-corrected chi connectivity index (χ4v) is 4.58. The van der Waals surface area contributed by atoms with E-state index in [0.29, 0.717) is 17.3 Å². The standard InChI is InChI=1S/C15H28BNO2.C2HF3O2/c1-9(2)6-12(17)16-18-13-11-7-10(14(11,3)4)8-15(13,5)19-16;3-2(4,5)1(6)7/h9-13H,6-8,17H2,1-5H3;(H,6,7)/t10-,11+,12-,13+,15-;/m0./s1. The molecule has 0 aromatic heterocycles. The zero-order valence-corrected chi connectivity index (χ0v) is 16.0. The Balaban J connectivity index is 0.000000298. The summed E-state index contributed by atoms with van der Waals surface area (Å²) in [6.45, 7) is 11.4. The van der Waals surface area contributed by atoms with E-state index in [9.17, 15) is 13.2 Å². The predicted octanol–water partition coefficient (Wildman–Crippen LogP) is 3.26. The summed E-state index contributed by atoms with van der Waals surface area (Å²) in [5.74, 6) is -0.729. The number of carboxylic acids is 1. The summed E-state index contributed by atoms with van der Waals surface area (Å²) in [6, 6.07) is 0. The summed E-state index contributed by atoms with van der Waals surface area (Å²) < 4.78 is 44.3. The second-order valence-corrected chi connectivity index (χ2v) is 9.02. The van der Waals surface area contributed by atoms with Gasteiger partial charge < -0.3 is 20.1 Å². The van der Waals surface area contributed by atoms with E-state index in [1.807, 2.05) is 0 Å². The molecule has 0 spiro atoms. The highest BCUT2D eigenvalue weighted by Gasteiger charge is 2.67. The molecule has 1 aliphatic heterocycles. The summed E-state index contributed by atoms with van der Waals surface area (Å²) in [7, 11) is -0.201. The zero-order valence-electron chi connectivity index (χ0n) is 16.0. The van der Waals surface area contributed by atoms with Crippen LogP contribution in [0, 0.1) is 23.2 Å². The van der Waals surface area contributed by atoms with Gasteiger partial charge in [-0.1, -0.05) is 27.7 Å². The number of halogens is 3. The number of hydrogen-bond donors (Lipinski definition) is 2. The minimum Gasteiger partial charge on any atom is -0.475 e. The minimum absolute atomic E-state index is 0.00253. The van der Waals surface area contributed by atoms with Crippen molar-refractivity contribution in [1.82, 2.24) is 0 Å². The molecule has 2 bridgehead atoms. The SMILES string of the molecule is CC(C)C[C@H](N)B1O[C@@H]2[C@H]3C[C@@H](C[C@]2(C)O1)C3(C)C.O=C(O)C(F)(F)F. The molecule has 0 aromatic carbocycles. The molecule has 4 rings (SSSR count). The molecule has 4 fully saturated rings. The normalized spacial score (nSPS) is 35.9. The van der Waals surface area contributed by atoms with Crippen molar-refractivity contribution in [2.45, 2.75) is 77.7 Å². The highest BCUT2D eigenvalue weighted by Crippen LogP contribution is 2.64. The van der Waals surface area contributed by atoms with Gasteiger partial charge in [0.15, 0.2) is 0 Å². The number of carbonyl (C=O) groups is 1. The summed E-state index contributed by atoms with van der Waals surface area (Å²) in [5, 5.41) is 7.12. The smallest absolute Gasteiger partial charge is 0.475 e. The minimum atomic E-state index is -5.08. The Kier molecular flexibility index (Phi) is 5.77. The lowest BCUT2D eigenvalue weighted by Gasteiger charge is -2.63. The molecule has 9 heteroatoms. The number of nitrogens with two attached hydrogens (primary N) is 1. The van der Waals surface area contributed by atoms with Gasteiger partial charge in [-0.05, 0) is 49.4 Å². The van der Waals surface area contributed by atoms with Gasteiger partial charge in [0.2, 0.25) is 0 Å². The predicted molar refractivity (Wildman–Crippen MR) is 91.2 cm³/mol. The van der Waals surface area contributed by atoms with Crippen molar-refractivity contribution in [3.05, 3.63) is 0 Å². The lowest BCUT2D eigenvalue weighted by Crippen LogP contribution is -2.63. The van der Waals surface area contributed by atoms with Gasteiger partial charge in [0.25, 0.3) is 0 Å². The quantitative estimate of drug-likeness (QED) is 0.736. The van der Waals surface area contributed by atoms with E-state index in [-0.39, 0.29) is 24.8 Å². The average molecular weight is 379 g/mol. The molecule has 5 nitrogen and oxygen atoms in total. The van der Waals surface area contributed by atoms with Gasteiger partial charge in [-0.25, -0.2) is 4.79 Å². The summed E-state index contributed by atoms with van der Waals surface area (Å²) in [6.07, 6.45) is -1.43. The van der Waals surface area contributed by atoms with Crippen molar-refractivity contribution in [2.75, 3.05) is 0 Å². The van der Waals surface area contributed by atoms with E-state index in [0.717, 1.165) is 18.8 Å². The van der Waals surface area contributed by atoms with Crippen molar-refractivity contribution in [3.63, 3.8) is 0 Å². The molecule has 1 saturated heterocycles. The maximum Gasteiger partial charge on any atom is 0.490 e. The summed E-state index contributed by atoms with van der Waals surface area (Å²) in [4.78, 5) is 8.90. The molecule has 4 aliphatic rings. The van der Waals surface area contributed by atoms with E-state index >= 15 is 0 Å². The fraction of sp³-hybridized carbons (Fsp3) is 0.941. The molecule has 3 saturated carbocycles. The third kappa shape index (κ3) is 4.04. The topological polar surface area (TPSA) is 81.8 Å². The van der Waals surface area contributed by atoms with Crippen LogP contribution in [0.1, 0.15) is 53.9 Å². The third-order valence-electron chi connectivity index (χ3n) is 6.17. The monoisotopic (exact) mass is 379 g/mol. The molecule has 3 aliphatic carbocycles. The Bertz CT molecular complexity index is 543. The average Bonchev–Trinajstić information content (AvgIpc) is 2.83. The van der Waals surface area contributed by atoms with E-state index in [1.54, 1.807) is 0 Å². The van der Waals surface area contributed by atoms with Crippen LogP contribution in [0.15, 0.2) is 0 Å². The lowest BCUT2D eigenvalue weighted by atomic mass is 9.45. The number of aliphatic carboxylic acids is 1. The first-order valence-corrected chi connectivity index (χ1v) is 9.07. The highest BCUT2D eigenvalue weighted by molar-refractivity contribution is 6.47. The molecule has 5 atom stereocenters. The molecule has 150 valence electrons. The van der Waals surface area contributed by atoms with Gasteiger partial charge in [-0.15, -0.1) is 0 Å². The van der Waals surface area contributed by atoms with E-state index < -0.39 is 12.1 Å². The van der Waals surface area contributed by atoms with Gasteiger partial charge >= 0.3 is 19.3 Å². The third-order valence-corrected chi connectivity index (χ3v) is 6.17. The van der Waals surface area contributed by atoms with E-state index in [4.69, 9.17) is 24.9 Å². The van der Waals surface area contributed by atoms with Crippen LogP contribution >= 0.6 is 0 Å². The molecule has 0 radical (unpaired) electrons. The molecule has 0 unspecified atom stereocenters. The first-order chi connectivity index (χ1) is 11.7. The molecule has 0 aromatic rings. The lowest BCUT2D eigenvalue weighted by molar-refractivity contribution is -0.192. The van der Waals surface area contributed by atoms with Crippen LogP contribution in [0.4, 0.5) is 13.2 Å². The second kappa shape index (κ2) is 6.98. The fourth-order valence-electron chi connectivity index (χ4n) is 4.58. The van der Waals surface area contributed by atoms with Crippen LogP contribution < -0.4 is 5.73 Å². The summed E-state index contributed by atoms with van der Waals surface area (Å²) >= 11 is 0. The highest BCUT2D eigenvalue weighted by atomic mass is 19.4. The Morgan fingerprint density at radius 2 is 1.88 bits per heavy atom. The molecule has 0 amide bonds. The van der Waals surface area contributed by atoms with Crippen molar-refractivity contribution in [1.29, 1.82) is 0 Å². The van der Waals surface area contributed by atoms with Crippen LogP contribution in [0.25, 0.3) is 0 Å². The number of carboxylic acid groups (broad SMARTS) is 1.